The van der Waals surface area contributed by atoms with Gasteiger partial charge in [-0.25, -0.2) is 0 Å². The minimum Gasteiger partial charge on any atom is -0.294 e. The molecule has 0 spiro atoms. The number of ketones is 2. The quantitative estimate of drug-likeness (QED) is 0.110. The second kappa shape index (κ2) is 16.0. The third kappa shape index (κ3) is 14.0. The van der Waals surface area contributed by atoms with Crippen LogP contribution in [0.5, 0.6) is 0 Å². The zero-order valence-electron chi connectivity index (χ0n) is 17.7. The Kier molecular flexibility index (Phi) is 15.3. The molecule has 0 heterocycles. The van der Waals surface area contributed by atoms with Gasteiger partial charge >= 0.3 is 0 Å². The molecule has 0 saturated carbocycles. The van der Waals surface area contributed by atoms with Crippen LogP contribution in [0.25, 0.3) is 0 Å². The van der Waals surface area contributed by atoms with Crippen LogP contribution in [0.1, 0.15) is 111 Å². The number of carbonyl (C=O) groups is 2. The monoisotopic (exact) mass is 362 g/mol. The van der Waals surface area contributed by atoms with Crippen LogP contribution in [0.15, 0.2) is 24.3 Å². The summed E-state index contributed by atoms with van der Waals surface area (Å²) in [4.78, 5) is 23.5. The van der Waals surface area contributed by atoms with E-state index in [1.807, 2.05) is 0 Å². The molecular formula is C24H42O2. The molecule has 0 fully saturated rings. The first-order valence-electron chi connectivity index (χ1n) is 10.8. The topological polar surface area (TPSA) is 34.1 Å². The van der Waals surface area contributed by atoms with Gasteiger partial charge in [-0.15, -0.1) is 0 Å². The number of hydrogen-bond acceptors (Lipinski definition) is 2. The highest BCUT2D eigenvalue weighted by atomic mass is 16.1. The fourth-order valence-electron chi connectivity index (χ4n) is 3.14. The van der Waals surface area contributed by atoms with E-state index in [4.69, 9.17) is 0 Å². The van der Waals surface area contributed by atoms with Crippen LogP contribution < -0.4 is 0 Å². The SMILES string of the molecule is C=C(C)C(=O)C(=C)C(=O)CCCCCCCCCCCCCCC(C)C. The molecule has 0 aromatic carbocycles. The van der Waals surface area contributed by atoms with E-state index in [2.05, 4.69) is 27.0 Å². The third-order valence-electron chi connectivity index (χ3n) is 4.93. The first kappa shape index (κ1) is 24.8. The van der Waals surface area contributed by atoms with Crippen molar-refractivity contribution in [3.8, 4) is 0 Å². The van der Waals surface area contributed by atoms with E-state index in [1.165, 1.54) is 70.6 Å². The van der Waals surface area contributed by atoms with Gasteiger partial charge in [0.25, 0.3) is 0 Å². The van der Waals surface area contributed by atoms with E-state index >= 15 is 0 Å². The number of rotatable bonds is 18. The van der Waals surface area contributed by atoms with Gasteiger partial charge in [-0.2, -0.15) is 0 Å². The molecule has 0 atom stereocenters. The second-order valence-electron chi connectivity index (χ2n) is 8.19. The maximum absolute atomic E-state index is 11.9. The molecule has 2 nitrogen and oxygen atoms in total. The number of unbranched alkanes of at least 4 members (excludes halogenated alkanes) is 11. The summed E-state index contributed by atoms with van der Waals surface area (Å²) in [6.45, 7) is 13.4. The Labute approximate surface area is 162 Å². The van der Waals surface area contributed by atoms with Crippen molar-refractivity contribution in [3.63, 3.8) is 0 Å². The smallest absolute Gasteiger partial charge is 0.191 e. The first-order chi connectivity index (χ1) is 12.4. The summed E-state index contributed by atoms with van der Waals surface area (Å²) in [5.74, 6) is 0.437. The van der Waals surface area contributed by atoms with Crippen molar-refractivity contribution in [3.05, 3.63) is 24.3 Å². The zero-order valence-corrected chi connectivity index (χ0v) is 17.7. The summed E-state index contributed by atoms with van der Waals surface area (Å²) in [7, 11) is 0. The second-order valence-corrected chi connectivity index (χ2v) is 8.19. The van der Waals surface area contributed by atoms with Crippen LogP contribution in [0.2, 0.25) is 0 Å². The van der Waals surface area contributed by atoms with Crippen LogP contribution >= 0.6 is 0 Å². The highest BCUT2D eigenvalue weighted by Crippen LogP contribution is 2.15. The van der Waals surface area contributed by atoms with Crippen LogP contribution in [0.3, 0.4) is 0 Å². The Morgan fingerprint density at radius 1 is 0.692 bits per heavy atom. The van der Waals surface area contributed by atoms with Gasteiger partial charge < -0.3 is 0 Å². The molecule has 0 unspecified atom stereocenters. The lowest BCUT2D eigenvalue weighted by Gasteiger charge is -2.05. The molecule has 0 aromatic rings. The van der Waals surface area contributed by atoms with E-state index in [-0.39, 0.29) is 17.1 Å². The number of Topliss-reactive ketones (excluding diaryl/α,β-unsaturated/α-hetero) is 2. The standard InChI is InChI=1S/C24H42O2/c1-20(2)18-16-14-12-10-8-6-7-9-11-13-15-17-19-23(25)22(5)24(26)21(3)4/h20H,3,5-19H2,1-2,4H3. The molecule has 0 amide bonds. The lowest BCUT2D eigenvalue weighted by molar-refractivity contribution is -0.119. The van der Waals surface area contributed by atoms with Gasteiger partial charge in [0.15, 0.2) is 11.6 Å². The van der Waals surface area contributed by atoms with Crippen molar-refractivity contribution in [2.24, 2.45) is 5.92 Å². The van der Waals surface area contributed by atoms with E-state index in [9.17, 15) is 9.59 Å². The molecule has 0 aliphatic carbocycles. The van der Waals surface area contributed by atoms with E-state index in [0.717, 1.165) is 18.8 Å². The first-order valence-corrected chi connectivity index (χ1v) is 10.8. The molecule has 0 rings (SSSR count). The normalized spacial score (nSPS) is 10.9. The predicted octanol–water partition coefficient (Wildman–Crippen LogP) is 7.37. The van der Waals surface area contributed by atoms with Gasteiger partial charge in [0.1, 0.15) is 0 Å². The highest BCUT2D eigenvalue weighted by Gasteiger charge is 2.15. The number of carbonyl (C=O) groups excluding carboxylic acids is 2. The Balaban J connectivity index is 3.36. The van der Waals surface area contributed by atoms with Gasteiger partial charge in [-0.1, -0.05) is 104 Å². The molecule has 0 aromatic heterocycles. The molecule has 0 bridgehead atoms. The molecule has 0 radical (unpaired) electrons. The summed E-state index contributed by atoms with van der Waals surface area (Å²) in [5, 5.41) is 0. The van der Waals surface area contributed by atoms with Crippen molar-refractivity contribution < 1.29 is 9.59 Å². The lowest BCUT2D eigenvalue weighted by Crippen LogP contribution is -2.12. The van der Waals surface area contributed by atoms with Crippen LogP contribution in [-0.4, -0.2) is 11.6 Å². The molecule has 150 valence electrons. The van der Waals surface area contributed by atoms with Crippen molar-refractivity contribution in [1.82, 2.24) is 0 Å². The van der Waals surface area contributed by atoms with E-state index < -0.39 is 0 Å². The van der Waals surface area contributed by atoms with Crippen LogP contribution in [0.4, 0.5) is 0 Å². The van der Waals surface area contributed by atoms with Crippen LogP contribution in [0, 0.1) is 5.92 Å². The maximum Gasteiger partial charge on any atom is 0.191 e. The fraction of sp³-hybridized carbons (Fsp3) is 0.750. The summed E-state index contributed by atoms with van der Waals surface area (Å²) >= 11 is 0. The van der Waals surface area contributed by atoms with Crippen molar-refractivity contribution in [2.45, 2.75) is 111 Å². The largest absolute Gasteiger partial charge is 0.294 e. The predicted molar refractivity (Wildman–Crippen MR) is 113 cm³/mol. The minimum absolute atomic E-state index is 0.0988. The average molecular weight is 363 g/mol. The van der Waals surface area contributed by atoms with Gasteiger partial charge in [0.2, 0.25) is 0 Å². The average Bonchev–Trinajstić information content (AvgIpc) is 2.60. The van der Waals surface area contributed by atoms with Gasteiger partial charge in [0, 0.05) is 6.42 Å². The molecule has 2 heteroatoms. The van der Waals surface area contributed by atoms with Crippen molar-refractivity contribution in [1.29, 1.82) is 0 Å². The molecular weight excluding hydrogens is 320 g/mol. The summed E-state index contributed by atoms with van der Waals surface area (Å²) in [6.07, 6.45) is 17.2. The summed E-state index contributed by atoms with van der Waals surface area (Å²) in [6, 6.07) is 0. The van der Waals surface area contributed by atoms with Gasteiger partial charge in [0.05, 0.1) is 5.57 Å². The summed E-state index contributed by atoms with van der Waals surface area (Å²) in [5.41, 5.74) is 0.487. The van der Waals surface area contributed by atoms with Crippen LogP contribution in [-0.2, 0) is 9.59 Å². The van der Waals surface area contributed by atoms with Crippen molar-refractivity contribution in [2.75, 3.05) is 0 Å². The molecule has 0 N–H and O–H groups in total. The van der Waals surface area contributed by atoms with Gasteiger partial charge in [-0.3, -0.25) is 9.59 Å². The Morgan fingerprint density at radius 3 is 1.46 bits per heavy atom. The molecule has 0 aliphatic rings. The van der Waals surface area contributed by atoms with Gasteiger partial charge in [-0.05, 0) is 24.8 Å². The highest BCUT2D eigenvalue weighted by molar-refractivity contribution is 6.25. The molecule has 0 saturated heterocycles. The third-order valence-corrected chi connectivity index (χ3v) is 4.93. The minimum atomic E-state index is -0.296. The molecule has 0 aliphatic heterocycles. The van der Waals surface area contributed by atoms with E-state index in [0.29, 0.717) is 12.0 Å². The molecule has 26 heavy (non-hydrogen) atoms. The fourth-order valence-corrected chi connectivity index (χ4v) is 3.14. The summed E-state index contributed by atoms with van der Waals surface area (Å²) < 4.78 is 0. The Hall–Kier alpha value is -1.18. The zero-order chi connectivity index (χ0) is 19.8. The number of hydrogen-bond donors (Lipinski definition) is 0. The van der Waals surface area contributed by atoms with Crippen molar-refractivity contribution >= 4 is 11.6 Å². The maximum atomic E-state index is 11.9. The van der Waals surface area contributed by atoms with E-state index in [1.54, 1.807) is 6.92 Å². The number of allylic oxidation sites excluding steroid dienone is 2. The lowest BCUT2D eigenvalue weighted by atomic mass is 9.99. The Morgan fingerprint density at radius 2 is 1.08 bits per heavy atom. The Bertz CT molecular complexity index is 431.